The van der Waals surface area contributed by atoms with Gasteiger partial charge in [-0.05, 0) is 45.7 Å². The molecule has 1 aromatic rings. The van der Waals surface area contributed by atoms with Gasteiger partial charge < -0.3 is 14.8 Å². The average Bonchev–Trinajstić information content (AvgIpc) is 2.84. The number of hydrogen-bond acceptors (Lipinski definition) is 4. The monoisotopic (exact) mass is 266 g/mol. The van der Waals surface area contributed by atoms with E-state index in [4.69, 9.17) is 9.52 Å². The Labute approximate surface area is 115 Å². The Morgan fingerprint density at radius 1 is 1.26 bits per heavy atom. The van der Waals surface area contributed by atoms with Crippen molar-refractivity contribution in [2.24, 2.45) is 0 Å². The maximum absolute atomic E-state index is 8.95. The zero-order chi connectivity index (χ0) is 13.9. The zero-order valence-electron chi connectivity index (χ0n) is 12.3. The highest BCUT2D eigenvalue weighted by Gasteiger charge is 2.26. The second kappa shape index (κ2) is 6.07. The summed E-state index contributed by atoms with van der Waals surface area (Å²) in [6.07, 6.45) is 2.37. The minimum atomic E-state index is -0.0238. The summed E-state index contributed by atoms with van der Waals surface area (Å²) in [7, 11) is 0. The molecule has 1 aliphatic heterocycles. The third-order valence-corrected chi connectivity index (χ3v) is 3.88. The minimum Gasteiger partial charge on any atom is -0.462 e. The van der Waals surface area contributed by atoms with E-state index in [0.717, 1.165) is 25.4 Å². The molecular formula is C15H26N2O2. The number of likely N-dealkylation sites (tertiary alicyclic amines) is 1. The first kappa shape index (κ1) is 14.6. The summed E-state index contributed by atoms with van der Waals surface area (Å²) in [5.41, 5.74) is 0.280. The molecule has 108 valence electrons. The first-order chi connectivity index (χ1) is 8.99. The van der Waals surface area contributed by atoms with E-state index in [-0.39, 0.29) is 12.1 Å². The molecule has 19 heavy (non-hydrogen) atoms. The van der Waals surface area contributed by atoms with E-state index >= 15 is 0 Å². The Morgan fingerprint density at radius 3 is 2.42 bits per heavy atom. The molecule has 0 aliphatic carbocycles. The summed E-state index contributed by atoms with van der Waals surface area (Å²) in [5, 5.41) is 12.5. The summed E-state index contributed by atoms with van der Waals surface area (Å²) < 4.78 is 5.48. The molecule has 2 rings (SSSR count). The molecule has 0 saturated carbocycles. The number of aliphatic hydroxyl groups is 1. The normalized spacial score (nSPS) is 18.9. The van der Waals surface area contributed by atoms with Crippen LogP contribution >= 0.6 is 0 Å². The largest absolute Gasteiger partial charge is 0.462 e. The lowest BCUT2D eigenvalue weighted by Crippen LogP contribution is -2.49. The second-order valence-electron chi connectivity index (χ2n) is 6.34. The molecule has 0 radical (unpaired) electrons. The van der Waals surface area contributed by atoms with Crippen molar-refractivity contribution >= 4 is 0 Å². The highest BCUT2D eigenvalue weighted by molar-refractivity contribution is 5.06. The average molecular weight is 266 g/mol. The maximum atomic E-state index is 8.95. The van der Waals surface area contributed by atoms with Crippen LogP contribution in [0.3, 0.4) is 0 Å². The number of aliphatic hydroxyl groups excluding tert-OH is 1. The number of rotatable bonds is 4. The lowest BCUT2D eigenvalue weighted by Gasteiger charge is -2.41. The molecular weight excluding hydrogens is 240 g/mol. The van der Waals surface area contributed by atoms with E-state index < -0.39 is 0 Å². The number of furan rings is 1. The summed E-state index contributed by atoms with van der Waals surface area (Å²) in [5.74, 6) is 1.54. The van der Waals surface area contributed by atoms with Crippen LogP contribution < -0.4 is 5.32 Å². The maximum Gasteiger partial charge on any atom is 0.129 e. The first-order valence-electron chi connectivity index (χ1n) is 7.16. The van der Waals surface area contributed by atoms with E-state index in [1.54, 1.807) is 0 Å². The number of nitrogens with one attached hydrogen (secondary N) is 1. The van der Waals surface area contributed by atoms with Crippen molar-refractivity contribution in [1.29, 1.82) is 0 Å². The molecule has 1 fully saturated rings. The van der Waals surface area contributed by atoms with Gasteiger partial charge in [-0.2, -0.15) is 0 Å². The molecule has 1 aromatic heterocycles. The van der Waals surface area contributed by atoms with Gasteiger partial charge in [-0.15, -0.1) is 0 Å². The Hall–Kier alpha value is -0.840. The van der Waals surface area contributed by atoms with Gasteiger partial charge in [-0.3, -0.25) is 4.90 Å². The van der Waals surface area contributed by atoms with Crippen LogP contribution in [0.2, 0.25) is 0 Å². The van der Waals surface area contributed by atoms with Gasteiger partial charge in [0.05, 0.1) is 6.54 Å². The van der Waals surface area contributed by atoms with Crippen LogP contribution in [0, 0.1) is 0 Å². The molecule has 0 spiro atoms. The third kappa shape index (κ3) is 4.06. The van der Waals surface area contributed by atoms with Crippen LogP contribution in [0.4, 0.5) is 0 Å². The van der Waals surface area contributed by atoms with Crippen molar-refractivity contribution in [1.82, 2.24) is 10.2 Å². The van der Waals surface area contributed by atoms with Crippen molar-refractivity contribution in [2.75, 3.05) is 13.1 Å². The van der Waals surface area contributed by atoms with Gasteiger partial charge in [-0.25, -0.2) is 0 Å². The summed E-state index contributed by atoms with van der Waals surface area (Å²) in [6.45, 7) is 9.87. The number of nitrogens with zero attached hydrogens (tertiary/aromatic N) is 1. The van der Waals surface area contributed by atoms with Crippen LogP contribution in [0.25, 0.3) is 0 Å². The number of hydrogen-bond donors (Lipinski definition) is 2. The highest BCUT2D eigenvalue weighted by Crippen LogP contribution is 2.20. The fraction of sp³-hybridized carbons (Fsp3) is 0.733. The molecule has 1 aliphatic rings. The van der Waals surface area contributed by atoms with Gasteiger partial charge in [0.15, 0.2) is 0 Å². The first-order valence-corrected chi connectivity index (χ1v) is 7.16. The quantitative estimate of drug-likeness (QED) is 0.876. The SMILES string of the molecule is CC(C)(C)N1CCC(NCc2ccc(CO)o2)CC1. The lowest BCUT2D eigenvalue weighted by atomic mass is 9.98. The van der Waals surface area contributed by atoms with E-state index in [1.165, 1.54) is 12.8 Å². The molecule has 4 nitrogen and oxygen atoms in total. The molecule has 2 heterocycles. The van der Waals surface area contributed by atoms with Crippen LogP contribution in [-0.2, 0) is 13.2 Å². The summed E-state index contributed by atoms with van der Waals surface area (Å²) in [6, 6.07) is 4.34. The lowest BCUT2D eigenvalue weighted by molar-refractivity contribution is 0.0955. The Bertz CT molecular complexity index is 387. The van der Waals surface area contributed by atoms with Gasteiger partial charge in [0, 0.05) is 24.7 Å². The van der Waals surface area contributed by atoms with E-state index in [2.05, 4.69) is 31.0 Å². The van der Waals surface area contributed by atoms with Crippen molar-refractivity contribution in [3.8, 4) is 0 Å². The van der Waals surface area contributed by atoms with Crippen molar-refractivity contribution in [3.05, 3.63) is 23.7 Å². The van der Waals surface area contributed by atoms with Crippen molar-refractivity contribution < 1.29 is 9.52 Å². The van der Waals surface area contributed by atoms with E-state index in [1.807, 2.05) is 12.1 Å². The molecule has 0 amide bonds. The Morgan fingerprint density at radius 2 is 1.89 bits per heavy atom. The number of piperidine rings is 1. The van der Waals surface area contributed by atoms with Gasteiger partial charge in [0.25, 0.3) is 0 Å². The molecule has 1 saturated heterocycles. The predicted octanol–water partition coefficient (Wildman–Crippen LogP) is 2.12. The summed E-state index contributed by atoms with van der Waals surface area (Å²) in [4.78, 5) is 2.54. The van der Waals surface area contributed by atoms with Gasteiger partial charge in [0.1, 0.15) is 18.1 Å². The molecule has 0 unspecified atom stereocenters. The predicted molar refractivity (Wildman–Crippen MR) is 75.8 cm³/mol. The minimum absolute atomic E-state index is 0.0238. The Balaban J connectivity index is 1.74. The van der Waals surface area contributed by atoms with Crippen molar-refractivity contribution in [2.45, 2.75) is 58.3 Å². The van der Waals surface area contributed by atoms with E-state index in [9.17, 15) is 0 Å². The molecule has 0 aromatic carbocycles. The van der Waals surface area contributed by atoms with Crippen LogP contribution in [0.15, 0.2) is 16.5 Å². The smallest absolute Gasteiger partial charge is 0.129 e. The third-order valence-electron chi connectivity index (χ3n) is 3.88. The van der Waals surface area contributed by atoms with Crippen LogP contribution in [0.5, 0.6) is 0 Å². The van der Waals surface area contributed by atoms with Gasteiger partial charge >= 0.3 is 0 Å². The molecule has 2 N–H and O–H groups in total. The van der Waals surface area contributed by atoms with Crippen LogP contribution in [0.1, 0.15) is 45.1 Å². The second-order valence-corrected chi connectivity index (χ2v) is 6.34. The van der Waals surface area contributed by atoms with Gasteiger partial charge in [0.2, 0.25) is 0 Å². The van der Waals surface area contributed by atoms with Gasteiger partial charge in [-0.1, -0.05) is 0 Å². The Kier molecular flexibility index (Phi) is 4.66. The topological polar surface area (TPSA) is 48.6 Å². The highest BCUT2D eigenvalue weighted by atomic mass is 16.4. The zero-order valence-corrected chi connectivity index (χ0v) is 12.3. The molecule has 0 atom stereocenters. The van der Waals surface area contributed by atoms with Crippen molar-refractivity contribution in [3.63, 3.8) is 0 Å². The fourth-order valence-corrected chi connectivity index (χ4v) is 2.60. The fourth-order valence-electron chi connectivity index (χ4n) is 2.60. The summed E-state index contributed by atoms with van der Waals surface area (Å²) >= 11 is 0. The van der Waals surface area contributed by atoms with E-state index in [0.29, 0.717) is 11.8 Å². The standard InChI is InChI=1S/C15H26N2O2/c1-15(2,3)17-8-6-12(7-9-17)16-10-13-4-5-14(11-18)19-13/h4-5,12,16,18H,6-11H2,1-3H3. The molecule has 4 heteroatoms. The van der Waals surface area contributed by atoms with Crippen LogP contribution in [-0.4, -0.2) is 34.7 Å². The molecule has 0 bridgehead atoms.